The molecule has 1 fully saturated rings. The van der Waals surface area contributed by atoms with Gasteiger partial charge in [-0.05, 0) is 55.5 Å². The summed E-state index contributed by atoms with van der Waals surface area (Å²) in [6, 6.07) is 10.3. The van der Waals surface area contributed by atoms with Crippen LogP contribution in [-0.2, 0) is 17.8 Å². The molecule has 38 heavy (non-hydrogen) atoms. The number of aromatic nitrogens is 2. The molecule has 3 aliphatic rings. The number of benzene rings is 3. The minimum absolute atomic E-state index is 0.226. The maximum absolute atomic E-state index is 14.2. The highest BCUT2D eigenvalue weighted by atomic mass is 19.1. The smallest absolute Gasteiger partial charge is 0.259 e. The zero-order valence-electron chi connectivity index (χ0n) is 20.4. The second kappa shape index (κ2) is 7.41. The fourth-order valence-corrected chi connectivity index (χ4v) is 7.34. The van der Waals surface area contributed by atoms with Gasteiger partial charge in [-0.1, -0.05) is 18.2 Å². The predicted molar refractivity (Wildman–Crippen MR) is 142 cm³/mol. The van der Waals surface area contributed by atoms with Gasteiger partial charge < -0.3 is 15.3 Å². The number of carbonyl (C=O) groups is 3. The van der Waals surface area contributed by atoms with Crippen LogP contribution in [0.3, 0.4) is 0 Å². The lowest BCUT2D eigenvalue weighted by atomic mass is 9.93. The van der Waals surface area contributed by atoms with Crippen LogP contribution in [0.15, 0.2) is 36.4 Å². The van der Waals surface area contributed by atoms with Gasteiger partial charge in [0.2, 0.25) is 5.91 Å². The van der Waals surface area contributed by atoms with Crippen LogP contribution in [0.5, 0.6) is 0 Å². The molecule has 8 rings (SSSR count). The Kier molecular flexibility index (Phi) is 4.26. The van der Waals surface area contributed by atoms with E-state index in [1.807, 2.05) is 12.1 Å². The van der Waals surface area contributed by atoms with E-state index in [2.05, 4.69) is 25.8 Å². The van der Waals surface area contributed by atoms with Crippen molar-refractivity contribution in [3.05, 3.63) is 58.9 Å². The number of aromatic amines is 1. The van der Waals surface area contributed by atoms with Crippen LogP contribution >= 0.6 is 0 Å². The van der Waals surface area contributed by atoms with Gasteiger partial charge in [-0.25, -0.2) is 4.39 Å². The van der Waals surface area contributed by atoms with Crippen molar-refractivity contribution in [3.63, 3.8) is 0 Å². The molecule has 2 atom stereocenters. The summed E-state index contributed by atoms with van der Waals surface area (Å²) in [5.74, 6) is -1.26. The summed E-state index contributed by atoms with van der Waals surface area (Å²) in [6.45, 7) is 2.28. The van der Waals surface area contributed by atoms with Crippen molar-refractivity contribution in [2.45, 2.75) is 31.8 Å². The molecule has 0 bridgehead atoms. The molecule has 190 valence electrons. The third-order valence-corrected chi connectivity index (χ3v) is 8.73. The van der Waals surface area contributed by atoms with Crippen molar-refractivity contribution in [2.75, 3.05) is 13.1 Å². The van der Waals surface area contributed by atoms with E-state index in [9.17, 15) is 18.8 Å². The Balaban J connectivity index is 1.43. The van der Waals surface area contributed by atoms with E-state index in [1.54, 1.807) is 6.07 Å². The highest BCUT2D eigenvalue weighted by molar-refractivity contribution is 6.39. The SMILES string of the molecule is NC(=O)[C@@H]1CCCN1CC1Cc2cccc3c4c5c(c6c7ccc(F)cc7[nH]c6c4n(c23)C1)C(=O)NC5=O. The summed E-state index contributed by atoms with van der Waals surface area (Å²) in [6.07, 6.45) is 2.58. The number of para-hydroxylation sites is 1. The average Bonchev–Trinajstić information content (AvgIpc) is 3.63. The summed E-state index contributed by atoms with van der Waals surface area (Å²) in [7, 11) is 0. The summed E-state index contributed by atoms with van der Waals surface area (Å²) in [5.41, 5.74) is 10.8. The van der Waals surface area contributed by atoms with E-state index in [-0.39, 0.29) is 23.7 Å². The molecule has 3 aliphatic heterocycles. The summed E-state index contributed by atoms with van der Waals surface area (Å²) in [5, 5.41) is 5.52. The van der Waals surface area contributed by atoms with Crippen LogP contribution in [-0.4, -0.2) is 51.3 Å². The number of hydrogen-bond acceptors (Lipinski definition) is 4. The van der Waals surface area contributed by atoms with E-state index in [1.165, 1.54) is 17.7 Å². The molecule has 5 heterocycles. The van der Waals surface area contributed by atoms with E-state index >= 15 is 0 Å². The first kappa shape index (κ1) is 21.8. The molecule has 1 unspecified atom stereocenters. The van der Waals surface area contributed by atoms with Crippen molar-refractivity contribution in [1.29, 1.82) is 0 Å². The number of fused-ring (bicyclic) bond motifs is 10. The number of rotatable bonds is 3. The second-order valence-corrected chi connectivity index (χ2v) is 10.9. The largest absolute Gasteiger partial charge is 0.368 e. The average molecular weight is 510 g/mol. The summed E-state index contributed by atoms with van der Waals surface area (Å²) in [4.78, 5) is 44.0. The van der Waals surface area contributed by atoms with Gasteiger partial charge in [-0.3, -0.25) is 24.6 Å². The van der Waals surface area contributed by atoms with Crippen molar-refractivity contribution < 1.29 is 18.8 Å². The number of imide groups is 1. The Bertz CT molecular complexity index is 1920. The zero-order chi connectivity index (χ0) is 25.9. The quantitative estimate of drug-likeness (QED) is 0.323. The number of amides is 3. The van der Waals surface area contributed by atoms with Gasteiger partial charge >= 0.3 is 0 Å². The number of halogens is 1. The van der Waals surface area contributed by atoms with Crippen molar-refractivity contribution in [2.24, 2.45) is 11.7 Å². The van der Waals surface area contributed by atoms with Crippen LogP contribution in [0, 0.1) is 11.7 Å². The molecular weight excluding hydrogens is 485 g/mol. The molecule has 0 saturated carbocycles. The fraction of sp³-hybridized carbons (Fsp3) is 0.276. The maximum Gasteiger partial charge on any atom is 0.259 e. The maximum atomic E-state index is 14.2. The van der Waals surface area contributed by atoms with Gasteiger partial charge in [0.15, 0.2) is 0 Å². The van der Waals surface area contributed by atoms with E-state index in [0.717, 1.165) is 59.7 Å². The predicted octanol–water partition coefficient (Wildman–Crippen LogP) is 3.57. The van der Waals surface area contributed by atoms with Crippen molar-refractivity contribution >= 4 is 61.3 Å². The van der Waals surface area contributed by atoms with E-state index in [0.29, 0.717) is 34.0 Å². The molecule has 0 aliphatic carbocycles. The number of nitrogens with zero attached hydrogens (tertiary/aromatic N) is 2. The molecular formula is C29H24FN5O3. The van der Waals surface area contributed by atoms with Gasteiger partial charge in [0.1, 0.15) is 5.82 Å². The molecule has 3 amide bonds. The number of likely N-dealkylation sites (tertiary alicyclic amines) is 1. The normalized spacial score (nSPS) is 21.3. The zero-order valence-corrected chi connectivity index (χ0v) is 20.4. The second-order valence-electron chi connectivity index (χ2n) is 10.9. The third-order valence-electron chi connectivity index (χ3n) is 8.73. The number of carbonyl (C=O) groups excluding carboxylic acids is 3. The molecule has 1 saturated heterocycles. The third kappa shape index (κ3) is 2.74. The topological polar surface area (TPSA) is 113 Å². The number of nitrogens with two attached hydrogens (primary N) is 1. The lowest BCUT2D eigenvalue weighted by Crippen LogP contribution is -2.43. The highest BCUT2D eigenvalue weighted by Gasteiger charge is 2.38. The van der Waals surface area contributed by atoms with Crippen molar-refractivity contribution in [1.82, 2.24) is 19.8 Å². The van der Waals surface area contributed by atoms with E-state index in [4.69, 9.17) is 5.73 Å². The first-order valence-corrected chi connectivity index (χ1v) is 13.0. The Morgan fingerprint density at radius 1 is 1.05 bits per heavy atom. The number of nitrogens with one attached hydrogen (secondary N) is 2. The van der Waals surface area contributed by atoms with Gasteiger partial charge in [-0.15, -0.1) is 0 Å². The van der Waals surface area contributed by atoms with Gasteiger partial charge in [0, 0.05) is 40.2 Å². The summed E-state index contributed by atoms with van der Waals surface area (Å²) < 4.78 is 16.5. The van der Waals surface area contributed by atoms with Crippen LogP contribution < -0.4 is 11.1 Å². The monoisotopic (exact) mass is 509 g/mol. The lowest BCUT2D eigenvalue weighted by Gasteiger charge is -2.31. The van der Waals surface area contributed by atoms with Gasteiger partial charge in [-0.2, -0.15) is 0 Å². The molecule has 3 aromatic carbocycles. The first-order valence-electron chi connectivity index (χ1n) is 13.0. The first-order chi connectivity index (χ1) is 18.4. The molecule has 9 heteroatoms. The molecule has 8 nitrogen and oxygen atoms in total. The molecule has 4 N–H and O–H groups in total. The number of hydrogen-bond donors (Lipinski definition) is 3. The fourth-order valence-electron chi connectivity index (χ4n) is 7.34. The standard InChI is InChI=1S/C29H24FN5O3/c30-15-6-7-16-18(10-15)32-24-20(16)22-23(29(38)33-28(22)37)21-17-4-1-3-14-9-13(12-35(25(14)17)26(21)24)11-34-8-2-5-19(34)27(31)36/h1,3-4,6-7,10,13,19,32H,2,5,8-9,11-12H2,(H2,31,36)(H,33,37,38)/t13?,19-/m0/s1. The van der Waals surface area contributed by atoms with Crippen LogP contribution in [0.1, 0.15) is 39.1 Å². The Morgan fingerprint density at radius 2 is 1.87 bits per heavy atom. The molecule has 5 aromatic rings. The number of primary amides is 1. The highest BCUT2D eigenvalue weighted by Crippen LogP contribution is 2.46. The van der Waals surface area contributed by atoms with E-state index < -0.39 is 11.8 Å². The Hall–Kier alpha value is -4.24. The van der Waals surface area contributed by atoms with Crippen LogP contribution in [0.2, 0.25) is 0 Å². The summed E-state index contributed by atoms with van der Waals surface area (Å²) >= 11 is 0. The molecule has 2 aromatic heterocycles. The molecule has 0 radical (unpaired) electrons. The van der Waals surface area contributed by atoms with Crippen LogP contribution in [0.4, 0.5) is 4.39 Å². The lowest BCUT2D eigenvalue weighted by molar-refractivity contribution is -0.122. The Morgan fingerprint density at radius 3 is 2.68 bits per heavy atom. The minimum Gasteiger partial charge on any atom is -0.368 e. The molecule has 0 spiro atoms. The van der Waals surface area contributed by atoms with Gasteiger partial charge in [0.25, 0.3) is 11.8 Å². The Labute approximate surface area is 215 Å². The minimum atomic E-state index is -0.432. The van der Waals surface area contributed by atoms with Crippen molar-refractivity contribution in [3.8, 4) is 0 Å². The van der Waals surface area contributed by atoms with Crippen LogP contribution in [0.25, 0.3) is 43.6 Å². The van der Waals surface area contributed by atoms with Gasteiger partial charge in [0.05, 0.1) is 33.7 Å². The number of H-pyrrole nitrogens is 1.